The van der Waals surface area contributed by atoms with Crippen LogP contribution in [0.3, 0.4) is 0 Å². The minimum atomic E-state index is -1.43. The van der Waals surface area contributed by atoms with E-state index in [4.69, 9.17) is 4.74 Å². The van der Waals surface area contributed by atoms with E-state index in [1.165, 1.54) is 7.05 Å². The van der Waals surface area contributed by atoms with Crippen molar-refractivity contribution in [2.24, 2.45) is 0 Å². The third kappa shape index (κ3) is 5.13. The summed E-state index contributed by atoms with van der Waals surface area (Å²) >= 11 is 0. The first-order valence-electron chi connectivity index (χ1n) is 8.62. The zero-order chi connectivity index (χ0) is 22.4. The number of nitrogens with one attached hydrogen (secondary N) is 2. The molecule has 0 radical (unpaired) electrons. The number of benzene rings is 2. The fraction of sp³-hybridized carbons (Fsp3) is 0.211. The van der Waals surface area contributed by atoms with Crippen LogP contribution in [-0.4, -0.2) is 36.4 Å². The summed E-state index contributed by atoms with van der Waals surface area (Å²) in [6, 6.07) is 4.13. The molecule has 30 heavy (non-hydrogen) atoms. The summed E-state index contributed by atoms with van der Waals surface area (Å²) in [5.74, 6) is -4.94. The summed E-state index contributed by atoms with van der Waals surface area (Å²) in [5, 5.41) is 15.7. The first-order chi connectivity index (χ1) is 14.2. The number of nitro benzene ring substituents is 1. The van der Waals surface area contributed by atoms with E-state index in [-0.39, 0.29) is 23.3 Å². The molecule has 2 N–H and O–H groups in total. The molecule has 11 heteroatoms. The van der Waals surface area contributed by atoms with E-state index in [0.717, 1.165) is 36.4 Å². The van der Waals surface area contributed by atoms with Gasteiger partial charge in [0.15, 0.2) is 11.6 Å². The van der Waals surface area contributed by atoms with Crippen LogP contribution < -0.4 is 10.6 Å². The number of halogens is 2. The van der Waals surface area contributed by atoms with Crippen LogP contribution in [0.25, 0.3) is 0 Å². The molecule has 0 saturated heterocycles. The molecule has 2 amide bonds. The van der Waals surface area contributed by atoms with Crippen molar-refractivity contribution < 1.29 is 32.8 Å². The largest absolute Gasteiger partial charge is 0.462 e. The van der Waals surface area contributed by atoms with E-state index >= 15 is 0 Å². The van der Waals surface area contributed by atoms with E-state index in [2.05, 4.69) is 10.6 Å². The van der Waals surface area contributed by atoms with Crippen LogP contribution in [0, 0.1) is 21.7 Å². The zero-order valence-electron chi connectivity index (χ0n) is 15.9. The van der Waals surface area contributed by atoms with E-state index < -0.39 is 46.1 Å². The Morgan fingerprint density at radius 3 is 2.33 bits per heavy atom. The Morgan fingerprint density at radius 2 is 1.77 bits per heavy atom. The summed E-state index contributed by atoms with van der Waals surface area (Å²) < 4.78 is 31.6. The summed E-state index contributed by atoms with van der Waals surface area (Å²) in [6.45, 7) is 1.55. The lowest BCUT2D eigenvalue weighted by Crippen LogP contribution is -2.39. The molecule has 2 rings (SSSR count). The zero-order valence-corrected chi connectivity index (χ0v) is 15.9. The molecule has 0 aliphatic rings. The number of likely N-dealkylation sites (N-methyl/N-ethyl adjacent to an activating group) is 1. The monoisotopic (exact) mass is 421 g/mol. The van der Waals surface area contributed by atoms with Crippen LogP contribution in [0.1, 0.15) is 39.2 Å². The molecule has 0 aromatic heterocycles. The van der Waals surface area contributed by atoms with Gasteiger partial charge in [-0.1, -0.05) is 6.07 Å². The number of nitro groups is 1. The van der Waals surface area contributed by atoms with Gasteiger partial charge < -0.3 is 15.4 Å². The smallest absolute Gasteiger partial charge is 0.338 e. The fourth-order valence-corrected chi connectivity index (χ4v) is 2.53. The Morgan fingerprint density at radius 1 is 1.10 bits per heavy atom. The topological polar surface area (TPSA) is 128 Å². The molecule has 0 aliphatic carbocycles. The lowest BCUT2D eigenvalue weighted by Gasteiger charge is -2.18. The number of hydrogen-bond donors (Lipinski definition) is 2. The van der Waals surface area contributed by atoms with Gasteiger partial charge in [0, 0.05) is 24.7 Å². The molecule has 2 aromatic rings. The molecule has 0 heterocycles. The summed E-state index contributed by atoms with van der Waals surface area (Å²) in [6.07, 6.45) is 0. The van der Waals surface area contributed by atoms with Gasteiger partial charge >= 0.3 is 5.97 Å². The van der Waals surface area contributed by atoms with Crippen molar-refractivity contribution in [3.63, 3.8) is 0 Å². The molecular formula is C19H17F2N3O6. The number of carbonyl (C=O) groups excluding carboxylic acids is 3. The average Bonchev–Trinajstić information content (AvgIpc) is 2.73. The first-order valence-corrected chi connectivity index (χ1v) is 8.62. The van der Waals surface area contributed by atoms with Gasteiger partial charge in [-0.3, -0.25) is 19.7 Å². The number of rotatable bonds is 7. The molecule has 0 aliphatic heterocycles. The van der Waals surface area contributed by atoms with Crippen LogP contribution in [0.5, 0.6) is 0 Å². The van der Waals surface area contributed by atoms with Gasteiger partial charge in [-0.05, 0) is 30.7 Å². The molecular weight excluding hydrogens is 404 g/mol. The number of nitrogens with zero attached hydrogens (tertiary/aromatic N) is 1. The van der Waals surface area contributed by atoms with E-state index in [9.17, 15) is 33.3 Å². The normalized spacial score (nSPS) is 11.3. The second-order valence-corrected chi connectivity index (χ2v) is 5.94. The maximum absolute atomic E-state index is 13.6. The number of hydrogen-bond acceptors (Lipinski definition) is 6. The van der Waals surface area contributed by atoms with Crippen molar-refractivity contribution in [1.82, 2.24) is 10.6 Å². The molecule has 0 bridgehead atoms. The highest BCUT2D eigenvalue weighted by atomic mass is 19.2. The highest BCUT2D eigenvalue weighted by molar-refractivity contribution is 6.01. The van der Waals surface area contributed by atoms with Crippen molar-refractivity contribution in [1.29, 1.82) is 0 Å². The SMILES string of the molecule is CCOC(=O)c1cc(C(=O)NC(C(=O)NC)c2ccc(F)c(F)c2)cc([N+](=O)[O-])c1. The van der Waals surface area contributed by atoms with Crippen LogP contribution in [0.15, 0.2) is 36.4 Å². The fourth-order valence-electron chi connectivity index (χ4n) is 2.53. The third-order valence-corrected chi connectivity index (χ3v) is 3.96. The molecule has 9 nitrogen and oxygen atoms in total. The van der Waals surface area contributed by atoms with Gasteiger partial charge in [0.25, 0.3) is 11.6 Å². The third-order valence-electron chi connectivity index (χ3n) is 3.96. The second-order valence-electron chi connectivity index (χ2n) is 5.94. The van der Waals surface area contributed by atoms with Crippen LogP contribution in [-0.2, 0) is 9.53 Å². The Kier molecular flexibility index (Phi) is 7.13. The van der Waals surface area contributed by atoms with Crippen molar-refractivity contribution in [2.75, 3.05) is 13.7 Å². The standard InChI is InChI=1S/C19H17F2N3O6/c1-3-30-19(27)12-6-11(7-13(8-12)24(28)29)17(25)23-16(18(26)22-2)10-4-5-14(20)15(21)9-10/h4-9,16H,3H2,1-2H3,(H,22,26)(H,23,25). The van der Waals surface area contributed by atoms with E-state index in [0.29, 0.717) is 0 Å². The second kappa shape index (κ2) is 9.54. The van der Waals surface area contributed by atoms with Crippen LogP contribution in [0.2, 0.25) is 0 Å². The van der Waals surface area contributed by atoms with E-state index in [1.54, 1.807) is 6.92 Å². The summed E-state index contributed by atoms with van der Waals surface area (Å²) in [7, 11) is 1.27. The molecule has 1 unspecified atom stereocenters. The van der Waals surface area contributed by atoms with Gasteiger partial charge in [0.2, 0.25) is 5.91 Å². The van der Waals surface area contributed by atoms with Gasteiger partial charge in [0.1, 0.15) is 6.04 Å². The molecule has 0 spiro atoms. The number of ether oxygens (including phenoxy) is 1. The number of non-ortho nitro benzene ring substituents is 1. The number of carbonyl (C=O) groups is 3. The highest BCUT2D eigenvalue weighted by Gasteiger charge is 2.25. The quantitative estimate of drug-likeness (QED) is 0.401. The van der Waals surface area contributed by atoms with Gasteiger partial charge in [-0.25, -0.2) is 13.6 Å². The van der Waals surface area contributed by atoms with Gasteiger partial charge in [-0.15, -0.1) is 0 Å². The van der Waals surface area contributed by atoms with Gasteiger partial charge in [0.05, 0.1) is 17.1 Å². The molecule has 158 valence electrons. The molecule has 1 atom stereocenters. The average molecular weight is 421 g/mol. The highest BCUT2D eigenvalue weighted by Crippen LogP contribution is 2.21. The Bertz CT molecular complexity index is 1010. The lowest BCUT2D eigenvalue weighted by molar-refractivity contribution is -0.384. The van der Waals surface area contributed by atoms with Crippen molar-refractivity contribution in [2.45, 2.75) is 13.0 Å². The van der Waals surface area contributed by atoms with Crippen molar-refractivity contribution in [3.8, 4) is 0 Å². The van der Waals surface area contributed by atoms with Crippen LogP contribution in [0.4, 0.5) is 14.5 Å². The maximum atomic E-state index is 13.6. The summed E-state index contributed by atoms with van der Waals surface area (Å²) in [4.78, 5) is 47.2. The predicted octanol–water partition coefficient (Wildman–Crippen LogP) is 2.27. The summed E-state index contributed by atoms with van der Waals surface area (Å²) in [5.41, 5.74) is -1.14. The molecule has 0 fully saturated rings. The Hall–Kier alpha value is -3.89. The predicted molar refractivity (Wildman–Crippen MR) is 99.7 cm³/mol. The number of amides is 2. The number of esters is 1. The lowest BCUT2D eigenvalue weighted by atomic mass is 10.0. The van der Waals surface area contributed by atoms with Crippen molar-refractivity contribution in [3.05, 3.63) is 74.8 Å². The minimum absolute atomic E-state index is 0.0118. The molecule has 0 saturated carbocycles. The first kappa shape index (κ1) is 22.4. The van der Waals surface area contributed by atoms with Gasteiger partial charge in [-0.2, -0.15) is 0 Å². The van der Waals surface area contributed by atoms with E-state index in [1.807, 2.05) is 0 Å². The minimum Gasteiger partial charge on any atom is -0.462 e. The Labute approximate surface area is 169 Å². The van der Waals surface area contributed by atoms with Crippen molar-refractivity contribution >= 4 is 23.5 Å². The Balaban J connectivity index is 2.43. The molecule has 2 aromatic carbocycles. The van der Waals surface area contributed by atoms with Crippen LogP contribution >= 0.6 is 0 Å². The maximum Gasteiger partial charge on any atom is 0.338 e.